The summed E-state index contributed by atoms with van der Waals surface area (Å²) in [5.74, 6) is 2.16. The summed E-state index contributed by atoms with van der Waals surface area (Å²) in [4.78, 5) is 18.6. The van der Waals surface area contributed by atoms with E-state index in [0.29, 0.717) is 24.0 Å². The van der Waals surface area contributed by atoms with Crippen LogP contribution in [0.3, 0.4) is 0 Å². The highest BCUT2D eigenvalue weighted by atomic mass is 16.5. The van der Waals surface area contributed by atoms with Gasteiger partial charge in [-0.1, -0.05) is 22.9 Å². The first-order chi connectivity index (χ1) is 14.0. The average Bonchev–Trinajstić information content (AvgIpc) is 3.20. The highest BCUT2D eigenvalue weighted by Crippen LogP contribution is 2.21. The maximum absolute atomic E-state index is 12.6. The zero-order valence-corrected chi connectivity index (χ0v) is 17.1. The minimum atomic E-state index is -0.142. The Hall–Kier alpha value is -3.35. The van der Waals surface area contributed by atoms with Crippen LogP contribution in [0.1, 0.15) is 23.9 Å². The first kappa shape index (κ1) is 20.4. The standard InChI is InChI=1S/C22H25N3O4/c1-5-25(21(26)14-28-19-11-6-15(2)12-16(19)3)13-20-23-22(24-29-20)17-7-9-18(27-4)10-8-17/h6-12H,5,13-14H2,1-4H3. The molecule has 0 saturated carbocycles. The fraction of sp³-hybridized carbons (Fsp3) is 0.318. The van der Waals surface area contributed by atoms with Gasteiger partial charge in [0.25, 0.3) is 5.91 Å². The molecule has 2 aromatic carbocycles. The number of aromatic nitrogens is 2. The number of carbonyl (C=O) groups excluding carboxylic acids is 1. The molecule has 3 rings (SSSR count). The van der Waals surface area contributed by atoms with Gasteiger partial charge in [-0.25, -0.2) is 0 Å². The fourth-order valence-electron chi connectivity index (χ4n) is 2.91. The molecule has 29 heavy (non-hydrogen) atoms. The van der Waals surface area contributed by atoms with Gasteiger partial charge >= 0.3 is 0 Å². The van der Waals surface area contributed by atoms with E-state index in [1.54, 1.807) is 12.0 Å². The third-order valence-corrected chi connectivity index (χ3v) is 4.56. The number of likely N-dealkylation sites (N-methyl/N-ethyl adjacent to an activating group) is 1. The lowest BCUT2D eigenvalue weighted by Gasteiger charge is -2.19. The van der Waals surface area contributed by atoms with E-state index in [9.17, 15) is 4.79 Å². The molecular weight excluding hydrogens is 370 g/mol. The molecule has 0 fully saturated rings. The molecule has 0 spiro atoms. The molecule has 0 aliphatic rings. The van der Waals surface area contributed by atoms with Crippen molar-refractivity contribution >= 4 is 5.91 Å². The second kappa shape index (κ2) is 9.23. The molecule has 7 heteroatoms. The van der Waals surface area contributed by atoms with Crippen LogP contribution in [-0.4, -0.2) is 41.2 Å². The lowest BCUT2D eigenvalue weighted by Crippen LogP contribution is -2.34. The van der Waals surface area contributed by atoms with Crippen LogP contribution in [0.15, 0.2) is 47.0 Å². The van der Waals surface area contributed by atoms with E-state index >= 15 is 0 Å². The maximum Gasteiger partial charge on any atom is 0.260 e. The molecule has 0 saturated heterocycles. The highest BCUT2D eigenvalue weighted by molar-refractivity contribution is 5.77. The Balaban J connectivity index is 1.61. The molecule has 0 atom stereocenters. The van der Waals surface area contributed by atoms with Crippen LogP contribution >= 0.6 is 0 Å². The van der Waals surface area contributed by atoms with Gasteiger partial charge in [0.1, 0.15) is 18.0 Å². The number of methoxy groups -OCH3 is 1. The molecule has 3 aromatic rings. The number of ether oxygens (including phenoxy) is 2. The van der Waals surface area contributed by atoms with E-state index in [4.69, 9.17) is 14.0 Å². The van der Waals surface area contributed by atoms with E-state index in [1.165, 1.54) is 0 Å². The van der Waals surface area contributed by atoms with Crippen molar-refractivity contribution in [3.8, 4) is 22.9 Å². The fourth-order valence-corrected chi connectivity index (χ4v) is 2.91. The summed E-state index contributed by atoms with van der Waals surface area (Å²) in [6.07, 6.45) is 0. The number of rotatable bonds is 8. The van der Waals surface area contributed by atoms with Crippen LogP contribution in [0.5, 0.6) is 11.5 Å². The van der Waals surface area contributed by atoms with Crippen molar-refractivity contribution in [3.05, 3.63) is 59.5 Å². The Bertz CT molecular complexity index is 966. The van der Waals surface area contributed by atoms with Crippen LogP contribution in [0.25, 0.3) is 11.4 Å². The number of carbonyl (C=O) groups is 1. The van der Waals surface area contributed by atoms with Gasteiger partial charge in [-0.2, -0.15) is 4.98 Å². The van der Waals surface area contributed by atoms with E-state index < -0.39 is 0 Å². The number of aryl methyl sites for hydroxylation is 2. The van der Waals surface area contributed by atoms with Gasteiger partial charge in [-0.3, -0.25) is 4.79 Å². The van der Waals surface area contributed by atoms with Gasteiger partial charge in [0.15, 0.2) is 6.61 Å². The van der Waals surface area contributed by atoms with Crippen LogP contribution in [0.2, 0.25) is 0 Å². The van der Waals surface area contributed by atoms with Gasteiger partial charge in [0, 0.05) is 12.1 Å². The Morgan fingerprint density at radius 3 is 2.55 bits per heavy atom. The quantitative estimate of drug-likeness (QED) is 0.577. The molecule has 0 aliphatic heterocycles. The molecule has 7 nitrogen and oxygen atoms in total. The number of benzene rings is 2. The number of hydrogen-bond acceptors (Lipinski definition) is 6. The summed E-state index contributed by atoms with van der Waals surface area (Å²) < 4.78 is 16.2. The van der Waals surface area contributed by atoms with Crippen LogP contribution in [-0.2, 0) is 11.3 Å². The Morgan fingerprint density at radius 2 is 1.90 bits per heavy atom. The Labute approximate surface area is 170 Å². The van der Waals surface area contributed by atoms with Gasteiger partial charge in [0.05, 0.1) is 7.11 Å². The van der Waals surface area contributed by atoms with Crippen LogP contribution in [0, 0.1) is 13.8 Å². The topological polar surface area (TPSA) is 77.7 Å². The molecule has 0 unspecified atom stereocenters. The SMILES string of the molecule is CCN(Cc1nc(-c2ccc(OC)cc2)no1)C(=O)COc1ccc(C)cc1C. The second-order valence-electron chi connectivity index (χ2n) is 6.71. The smallest absolute Gasteiger partial charge is 0.260 e. The molecule has 1 aromatic heterocycles. The van der Waals surface area contributed by atoms with Crippen molar-refractivity contribution in [2.45, 2.75) is 27.3 Å². The molecule has 152 valence electrons. The predicted molar refractivity (Wildman–Crippen MR) is 109 cm³/mol. The summed E-state index contributed by atoms with van der Waals surface area (Å²) >= 11 is 0. The van der Waals surface area contributed by atoms with E-state index in [-0.39, 0.29) is 19.1 Å². The van der Waals surface area contributed by atoms with Crippen molar-refractivity contribution < 1.29 is 18.8 Å². The predicted octanol–water partition coefficient (Wildman–Crippen LogP) is 3.79. The third-order valence-electron chi connectivity index (χ3n) is 4.56. The number of nitrogens with zero attached hydrogens (tertiary/aromatic N) is 3. The summed E-state index contributed by atoms with van der Waals surface area (Å²) in [5, 5.41) is 4.01. The number of hydrogen-bond donors (Lipinski definition) is 0. The summed E-state index contributed by atoms with van der Waals surface area (Å²) in [6.45, 7) is 6.58. The monoisotopic (exact) mass is 395 g/mol. The van der Waals surface area contributed by atoms with Gasteiger partial charge in [-0.05, 0) is 56.7 Å². The minimum absolute atomic E-state index is 0.0444. The first-order valence-electron chi connectivity index (χ1n) is 9.45. The normalized spacial score (nSPS) is 10.6. The van der Waals surface area contributed by atoms with Crippen LogP contribution < -0.4 is 9.47 Å². The zero-order valence-electron chi connectivity index (χ0n) is 17.1. The third kappa shape index (κ3) is 5.13. The van der Waals surface area contributed by atoms with Crippen molar-refractivity contribution in [2.75, 3.05) is 20.3 Å². The van der Waals surface area contributed by atoms with E-state index in [0.717, 1.165) is 22.4 Å². The highest BCUT2D eigenvalue weighted by Gasteiger charge is 2.18. The largest absolute Gasteiger partial charge is 0.497 e. The Morgan fingerprint density at radius 1 is 1.14 bits per heavy atom. The number of amides is 1. The van der Waals surface area contributed by atoms with Crippen molar-refractivity contribution in [1.82, 2.24) is 15.0 Å². The molecule has 1 heterocycles. The molecule has 0 radical (unpaired) electrons. The van der Waals surface area contributed by atoms with Crippen LogP contribution in [0.4, 0.5) is 0 Å². The maximum atomic E-state index is 12.6. The first-order valence-corrected chi connectivity index (χ1v) is 9.45. The average molecular weight is 395 g/mol. The summed E-state index contributed by atoms with van der Waals surface area (Å²) in [6, 6.07) is 13.2. The molecule has 0 bridgehead atoms. The van der Waals surface area contributed by atoms with Gasteiger partial charge in [0.2, 0.25) is 11.7 Å². The molecule has 0 N–H and O–H groups in total. The van der Waals surface area contributed by atoms with Gasteiger partial charge < -0.3 is 18.9 Å². The van der Waals surface area contributed by atoms with Crippen molar-refractivity contribution in [1.29, 1.82) is 0 Å². The van der Waals surface area contributed by atoms with Gasteiger partial charge in [-0.15, -0.1) is 0 Å². The van der Waals surface area contributed by atoms with E-state index in [2.05, 4.69) is 10.1 Å². The minimum Gasteiger partial charge on any atom is -0.497 e. The lowest BCUT2D eigenvalue weighted by molar-refractivity contribution is -0.134. The van der Waals surface area contributed by atoms with Crippen molar-refractivity contribution in [3.63, 3.8) is 0 Å². The summed E-state index contributed by atoms with van der Waals surface area (Å²) in [5.41, 5.74) is 2.97. The Kier molecular flexibility index (Phi) is 6.49. The van der Waals surface area contributed by atoms with E-state index in [1.807, 2.05) is 63.2 Å². The molecular formula is C22H25N3O4. The second-order valence-corrected chi connectivity index (χ2v) is 6.71. The molecule has 0 aliphatic carbocycles. The molecule has 1 amide bonds. The van der Waals surface area contributed by atoms with Crippen molar-refractivity contribution in [2.24, 2.45) is 0 Å². The zero-order chi connectivity index (χ0) is 20.8. The lowest BCUT2D eigenvalue weighted by atomic mass is 10.1. The summed E-state index contributed by atoms with van der Waals surface area (Å²) in [7, 11) is 1.61.